The number of aliphatic hydroxyl groups is 1. The molecule has 0 aromatic heterocycles. The van der Waals surface area contributed by atoms with Crippen LogP contribution in [0.3, 0.4) is 0 Å². The zero-order chi connectivity index (χ0) is 11.3. The van der Waals surface area contributed by atoms with Gasteiger partial charge in [-0.2, -0.15) is 0 Å². The van der Waals surface area contributed by atoms with Crippen LogP contribution in [0.25, 0.3) is 4.85 Å². The molecule has 2 aliphatic rings. The van der Waals surface area contributed by atoms with Crippen LogP contribution in [0.1, 0.15) is 23.5 Å². The summed E-state index contributed by atoms with van der Waals surface area (Å²) >= 11 is 0. The summed E-state index contributed by atoms with van der Waals surface area (Å²) in [4.78, 5) is 3.18. The van der Waals surface area contributed by atoms with Crippen LogP contribution in [0.5, 0.6) is 5.75 Å². The van der Waals surface area contributed by atoms with Gasteiger partial charge in [-0.1, -0.05) is 0 Å². The largest absolute Gasteiger partial charge is 0.504 e. The number of hydrogen-bond acceptors (Lipinski definition) is 2. The smallest absolute Gasteiger partial charge is 0.263 e. The van der Waals surface area contributed by atoms with E-state index in [9.17, 15) is 9.50 Å². The molecule has 1 aromatic rings. The molecule has 1 saturated carbocycles. The van der Waals surface area contributed by atoms with Gasteiger partial charge in [0.15, 0.2) is 0 Å². The van der Waals surface area contributed by atoms with E-state index in [0.717, 1.165) is 12.0 Å². The minimum atomic E-state index is -0.600. The van der Waals surface area contributed by atoms with Gasteiger partial charge in [-0.15, -0.1) is 0 Å². The van der Waals surface area contributed by atoms with Gasteiger partial charge in [-0.05, 0) is 29.5 Å². The normalized spacial score (nSPS) is 25.1. The van der Waals surface area contributed by atoms with Crippen LogP contribution in [-0.4, -0.2) is 11.7 Å². The number of nitrogens with zero attached hydrogens (tertiary/aromatic N) is 1. The molecule has 4 heteroatoms. The number of aliphatic hydroxyl groups excluding tert-OH is 1. The molecule has 1 heterocycles. The maximum absolute atomic E-state index is 13.6. The molecule has 1 aliphatic carbocycles. The lowest BCUT2D eigenvalue weighted by molar-refractivity contribution is 0.263. The lowest BCUT2D eigenvalue weighted by atomic mass is 9.98. The second-order valence-corrected chi connectivity index (χ2v) is 4.29. The number of hydrogen-bond donors (Lipinski definition) is 1. The number of halogens is 1. The van der Waals surface area contributed by atoms with Crippen molar-refractivity contribution in [2.75, 3.05) is 6.61 Å². The number of rotatable bonds is 1. The Morgan fingerprint density at radius 1 is 1.62 bits per heavy atom. The zero-order valence-electron chi connectivity index (χ0n) is 8.53. The Bertz CT molecular complexity index is 507. The highest BCUT2D eigenvalue weighted by molar-refractivity contribution is 5.66. The summed E-state index contributed by atoms with van der Waals surface area (Å²) in [5.74, 6) is 0.601. The summed E-state index contributed by atoms with van der Waals surface area (Å²) in [6, 6.07) is 1.26. The lowest BCUT2D eigenvalue weighted by Crippen LogP contribution is -2.11. The van der Waals surface area contributed by atoms with Gasteiger partial charge in [0, 0.05) is 5.92 Å². The van der Waals surface area contributed by atoms with Crippen molar-refractivity contribution in [2.45, 2.75) is 18.9 Å². The van der Waals surface area contributed by atoms with Crippen LogP contribution >= 0.6 is 0 Å². The fraction of sp³-hybridized carbons (Fsp3) is 0.417. The highest BCUT2D eigenvalue weighted by Gasteiger charge is 2.46. The van der Waals surface area contributed by atoms with Crippen LogP contribution < -0.4 is 4.74 Å². The fourth-order valence-electron chi connectivity index (χ4n) is 2.44. The molecule has 3 nitrogen and oxygen atoms in total. The van der Waals surface area contributed by atoms with Gasteiger partial charge >= 0.3 is 0 Å². The fourth-order valence-corrected chi connectivity index (χ4v) is 2.44. The highest BCUT2D eigenvalue weighted by Crippen LogP contribution is 2.57. The van der Waals surface area contributed by atoms with Crippen molar-refractivity contribution in [3.05, 3.63) is 34.4 Å². The summed E-state index contributed by atoms with van der Waals surface area (Å²) in [7, 11) is 0. The first-order chi connectivity index (χ1) is 7.76. The Hall–Kier alpha value is -1.60. The van der Waals surface area contributed by atoms with Gasteiger partial charge < -0.3 is 9.84 Å². The summed E-state index contributed by atoms with van der Waals surface area (Å²) in [6.07, 6.45) is 1.02. The average molecular weight is 219 g/mol. The summed E-state index contributed by atoms with van der Waals surface area (Å²) in [6.45, 7) is 7.33. The van der Waals surface area contributed by atoms with Crippen LogP contribution in [0.4, 0.5) is 10.1 Å². The van der Waals surface area contributed by atoms with E-state index in [2.05, 4.69) is 4.85 Å². The molecule has 2 atom stereocenters. The van der Waals surface area contributed by atoms with Crippen molar-refractivity contribution in [2.24, 2.45) is 5.92 Å². The Labute approximate surface area is 92.3 Å². The quantitative estimate of drug-likeness (QED) is 0.736. The Kier molecular flexibility index (Phi) is 1.92. The van der Waals surface area contributed by atoms with E-state index in [1.807, 2.05) is 0 Å². The predicted octanol–water partition coefficient (Wildman–Crippen LogP) is 2.36. The van der Waals surface area contributed by atoms with Gasteiger partial charge in [0.05, 0.1) is 19.8 Å². The van der Waals surface area contributed by atoms with E-state index in [1.54, 1.807) is 0 Å². The number of ether oxygens (including phenoxy) is 1. The predicted molar refractivity (Wildman–Crippen MR) is 54.9 cm³/mol. The third kappa shape index (κ3) is 1.15. The molecule has 2 unspecified atom stereocenters. The van der Waals surface area contributed by atoms with E-state index in [4.69, 9.17) is 11.3 Å². The molecule has 0 radical (unpaired) electrons. The van der Waals surface area contributed by atoms with Crippen LogP contribution in [0.2, 0.25) is 0 Å². The van der Waals surface area contributed by atoms with Crippen molar-refractivity contribution in [3.63, 3.8) is 0 Å². The average Bonchev–Trinajstić information content (AvgIpc) is 3.06. The van der Waals surface area contributed by atoms with E-state index in [1.165, 1.54) is 6.07 Å². The third-order valence-corrected chi connectivity index (χ3v) is 3.35. The summed E-state index contributed by atoms with van der Waals surface area (Å²) < 4.78 is 19.0. The van der Waals surface area contributed by atoms with Crippen molar-refractivity contribution in [3.8, 4) is 5.75 Å². The molecule has 1 fully saturated rings. The molecule has 0 amide bonds. The van der Waals surface area contributed by atoms with Crippen LogP contribution in [0, 0.1) is 18.3 Å². The van der Waals surface area contributed by atoms with Crippen LogP contribution in [0.15, 0.2) is 6.07 Å². The molecule has 0 saturated heterocycles. The molecule has 3 rings (SSSR count). The van der Waals surface area contributed by atoms with Gasteiger partial charge in [0.25, 0.3) is 5.69 Å². The van der Waals surface area contributed by atoms with Crippen molar-refractivity contribution in [1.29, 1.82) is 0 Å². The molecule has 1 aromatic carbocycles. The molecule has 1 aliphatic heterocycles. The molecular weight excluding hydrogens is 209 g/mol. The standard InChI is InChI=1S/C12H10FNO2/c1-14-11-9(13)3-6(4-15)10-8-2-7(8)5-16-12(10)11/h3,7-8,15H,2,4-5H2. The maximum Gasteiger partial charge on any atom is 0.263 e. The van der Waals surface area contributed by atoms with Gasteiger partial charge in [0.2, 0.25) is 0 Å². The van der Waals surface area contributed by atoms with Gasteiger partial charge in [-0.25, -0.2) is 9.24 Å². The minimum absolute atomic E-state index is 0.0439. The second kappa shape index (κ2) is 3.19. The van der Waals surface area contributed by atoms with Gasteiger partial charge in [0.1, 0.15) is 11.6 Å². The first kappa shape index (κ1) is 9.61. The molecule has 16 heavy (non-hydrogen) atoms. The van der Waals surface area contributed by atoms with Crippen molar-refractivity contribution >= 4 is 5.69 Å². The monoisotopic (exact) mass is 219 g/mol. The molecular formula is C12H10FNO2. The lowest BCUT2D eigenvalue weighted by Gasteiger charge is -2.21. The van der Waals surface area contributed by atoms with E-state index in [-0.39, 0.29) is 12.3 Å². The van der Waals surface area contributed by atoms with E-state index >= 15 is 0 Å². The van der Waals surface area contributed by atoms with Crippen LogP contribution in [-0.2, 0) is 6.61 Å². The van der Waals surface area contributed by atoms with E-state index in [0.29, 0.717) is 29.8 Å². The summed E-state index contributed by atoms with van der Waals surface area (Å²) in [5.41, 5.74) is 1.37. The first-order valence-corrected chi connectivity index (χ1v) is 5.22. The second-order valence-electron chi connectivity index (χ2n) is 4.29. The minimum Gasteiger partial charge on any atom is -0.504 e. The van der Waals surface area contributed by atoms with Crippen molar-refractivity contribution < 1.29 is 14.2 Å². The summed E-state index contributed by atoms with van der Waals surface area (Å²) in [5, 5.41) is 9.22. The van der Waals surface area contributed by atoms with Gasteiger partial charge in [-0.3, -0.25) is 0 Å². The Balaban J connectivity index is 2.26. The Morgan fingerprint density at radius 3 is 3.12 bits per heavy atom. The first-order valence-electron chi connectivity index (χ1n) is 5.22. The highest BCUT2D eigenvalue weighted by atomic mass is 19.1. The zero-order valence-corrected chi connectivity index (χ0v) is 8.53. The third-order valence-electron chi connectivity index (χ3n) is 3.35. The number of benzene rings is 1. The topological polar surface area (TPSA) is 33.8 Å². The number of fused-ring (bicyclic) bond motifs is 3. The molecule has 0 spiro atoms. The molecule has 0 bridgehead atoms. The maximum atomic E-state index is 13.6. The molecule has 1 N–H and O–H groups in total. The Morgan fingerprint density at radius 2 is 2.44 bits per heavy atom. The SMILES string of the molecule is [C-]#[N+]c1c(F)cc(CO)c2c1OCC1CC21. The van der Waals surface area contributed by atoms with E-state index < -0.39 is 5.82 Å². The molecule has 82 valence electrons. The van der Waals surface area contributed by atoms with Crippen molar-refractivity contribution in [1.82, 2.24) is 0 Å².